The third-order valence-electron chi connectivity index (χ3n) is 2.10. The van der Waals surface area contributed by atoms with Crippen molar-refractivity contribution in [1.82, 2.24) is 4.98 Å². The van der Waals surface area contributed by atoms with Crippen LogP contribution in [0.4, 0.5) is 0 Å². The number of unbranched alkanes of at least 4 members (excludes halogenated alkanes) is 1. The Hall–Kier alpha value is -0.450. The molecule has 3 nitrogen and oxygen atoms in total. The molecule has 1 heterocycles. The highest BCUT2D eigenvalue weighted by atomic mass is 79.9. The lowest BCUT2D eigenvalue weighted by Gasteiger charge is -2.10. The normalized spacial score (nSPS) is 12.8. The van der Waals surface area contributed by atoms with E-state index in [0.717, 1.165) is 36.0 Å². The highest BCUT2D eigenvalue weighted by Gasteiger charge is 2.06. The number of rotatable bonds is 5. The quantitative estimate of drug-likeness (QED) is 0.793. The van der Waals surface area contributed by atoms with E-state index in [1.807, 2.05) is 12.1 Å². The standard InChI is InChI=1S/C10H16BrN3/c11-8-4-5-10(14-7-8)9(13)3-1-2-6-12/h4-5,7,9H,1-3,6,12-13H2/t9-/m0/s1. The van der Waals surface area contributed by atoms with Crippen LogP contribution in [0, 0.1) is 0 Å². The lowest BCUT2D eigenvalue weighted by atomic mass is 10.1. The summed E-state index contributed by atoms with van der Waals surface area (Å²) >= 11 is 3.34. The molecule has 1 aromatic rings. The number of pyridine rings is 1. The monoisotopic (exact) mass is 257 g/mol. The molecule has 0 saturated heterocycles. The summed E-state index contributed by atoms with van der Waals surface area (Å²) < 4.78 is 0.982. The third-order valence-corrected chi connectivity index (χ3v) is 2.57. The molecular formula is C10H16BrN3. The molecule has 78 valence electrons. The van der Waals surface area contributed by atoms with Crippen molar-refractivity contribution in [2.24, 2.45) is 11.5 Å². The van der Waals surface area contributed by atoms with Gasteiger partial charge in [-0.15, -0.1) is 0 Å². The molecule has 0 aliphatic carbocycles. The van der Waals surface area contributed by atoms with Gasteiger partial charge in [0.2, 0.25) is 0 Å². The Morgan fingerprint density at radius 2 is 2.14 bits per heavy atom. The van der Waals surface area contributed by atoms with Crippen LogP contribution in [0.5, 0.6) is 0 Å². The Morgan fingerprint density at radius 1 is 1.36 bits per heavy atom. The van der Waals surface area contributed by atoms with Gasteiger partial charge in [0.05, 0.1) is 5.69 Å². The van der Waals surface area contributed by atoms with E-state index in [2.05, 4.69) is 20.9 Å². The van der Waals surface area contributed by atoms with Gasteiger partial charge in [0.1, 0.15) is 0 Å². The lowest BCUT2D eigenvalue weighted by Crippen LogP contribution is -2.12. The first-order chi connectivity index (χ1) is 6.74. The molecule has 0 saturated carbocycles. The molecule has 14 heavy (non-hydrogen) atoms. The second-order valence-corrected chi connectivity index (χ2v) is 4.21. The van der Waals surface area contributed by atoms with Crippen LogP contribution < -0.4 is 11.5 Å². The SMILES string of the molecule is NCCCC[C@H](N)c1ccc(Br)cn1. The van der Waals surface area contributed by atoms with Gasteiger partial charge in [-0.3, -0.25) is 4.98 Å². The maximum atomic E-state index is 5.97. The molecule has 0 bridgehead atoms. The summed E-state index contributed by atoms with van der Waals surface area (Å²) in [7, 11) is 0. The highest BCUT2D eigenvalue weighted by Crippen LogP contribution is 2.16. The number of hydrogen-bond acceptors (Lipinski definition) is 3. The van der Waals surface area contributed by atoms with E-state index in [-0.39, 0.29) is 6.04 Å². The first kappa shape index (κ1) is 11.6. The minimum atomic E-state index is 0.0367. The van der Waals surface area contributed by atoms with Crippen molar-refractivity contribution in [3.8, 4) is 0 Å². The summed E-state index contributed by atoms with van der Waals surface area (Å²) in [4.78, 5) is 4.25. The van der Waals surface area contributed by atoms with Crippen LogP contribution in [-0.2, 0) is 0 Å². The zero-order valence-corrected chi connectivity index (χ0v) is 9.70. The van der Waals surface area contributed by atoms with Crippen molar-refractivity contribution in [3.63, 3.8) is 0 Å². The molecule has 1 aromatic heterocycles. The largest absolute Gasteiger partial charge is 0.330 e. The fraction of sp³-hybridized carbons (Fsp3) is 0.500. The van der Waals surface area contributed by atoms with Crippen molar-refractivity contribution in [2.75, 3.05) is 6.54 Å². The van der Waals surface area contributed by atoms with Crippen molar-refractivity contribution >= 4 is 15.9 Å². The summed E-state index contributed by atoms with van der Waals surface area (Å²) in [5, 5.41) is 0. The minimum Gasteiger partial charge on any atom is -0.330 e. The predicted octanol–water partition coefficient (Wildman–Crippen LogP) is 1.97. The van der Waals surface area contributed by atoms with Crippen LogP contribution in [-0.4, -0.2) is 11.5 Å². The van der Waals surface area contributed by atoms with Crippen molar-refractivity contribution in [1.29, 1.82) is 0 Å². The summed E-state index contributed by atoms with van der Waals surface area (Å²) in [6, 6.07) is 3.96. The molecule has 0 radical (unpaired) electrons. The van der Waals surface area contributed by atoms with Crippen LogP contribution in [0.15, 0.2) is 22.8 Å². The van der Waals surface area contributed by atoms with Gasteiger partial charge in [-0.2, -0.15) is 0 Å². The van der Waals surface area contributed by atoms with E-state index in [9.17, 15) is 0 Å². The molecule has 0 fully saturated rings. The molecule has 0 aromatic carbocycles. The van der Waals surface area contributed by atoms with Gasteiger partial charge >= 0.3 is 0 Å². The van der Waals surface area contributed by atoms with Crippen LogP contribution in [0.1, 0.15) is 31.0 Å². The van der Waals surface area contributed by atoms with Crippen molar-refractivity contribution in [3.05, 3.63) is 28.5 Å². The first-order valence-electron chi connectivity index (χ1n) is 4.81. The molecule has 0 unspecified atom stereocenters. The highest BCUT2D eigenvalue weighted by molar-refractivity contribution is 9.10. The molecule has 0 amide bonds. The van der Waals surface area contributed by atoms with Crippen molar-refractivity contribution < 1.29 is 0 Å². The molecule has 1 rings (SSSR count). The second-order valence-electron chi connectivity index (χ2n) is 3.29. The maximum absolute atomic E-state index is 5.97. The van der Waals surface area contributed by atoms with Crippen LogP contribution in [0.25, 0.3) is 0 Å². The van der Waals surface area contributed by atoms with Gasteiger partial charge in [0.25, 0.3) is 0 Å². The Morgan fingerprint density at radius 3 is 2.71 bits per heavy atom. The lowest BCUT2D eigenvalue weighted by molar-refractivity contribution is 0.579. The Labute approximate surface area is 93.0 Å². The first-order valence-corrected chi connectivity index (χ1v) is 5.60. The van der Waals surface area contributed by atoms with E-state index in [1.165, 1.54) is 0 Å². The number of nitrogens with two attached hydrogens (primary N) is 2. The fourth-order valence-corrected chi connectivity index (χ4v) is 1.50. The smallest absolute Gasteiger partial charge is 0.0571 e. The summed E-state index contributed by atoms with van der Waals surface area (Å²) in [6.45, 7) is 0.737. The number of halogens is 1. The van der Waals surface area contributed by atoms with Crippen molar-refractivity contribution in [2.45, 2.75) is 25.3 Å². The third kappa shape index (κ3) is 3.74. The number of hydrogen-bond donors (Lipinski definition) is 2. The van der Waals surface area contributed by atoms with Crippen LogP contribution in [0.3, 0.4) is 0 Å². The van der Waals surface area contributed by atoms with Gasteiger partial charge in [-0.1, -0.05) is 6.42 Å². The molecule has 0 aliphatic rings. The van der Waals surface area contributed by atoms with Crippen LogP contribution >= 0.6 is 15.9 Å². The second kappa shape index (κ2) is 6.11. The van der Waals surface area contributed by atoms with Gasteiger partial charge in [0.15, 0.2) is 0 Å². The van der Waals surface area contributed by atoms with E-state index >= 15 is 0 Å². The Bertz CT molecular complexity index is 261. The maximum Gasteiger partial charge on any atom is 0.0571 e. The molecule has 4 heteroatoms. The summed E-state index contributed by atoms with van der Waals surface area (Å²) in [5.74, 6) is 0. The molecule has 4 N–H and O–H groups in total. The van der Waals surface area contributed by atoms with E-state index in [4.69, 9.17) is 11.5 Å². The van der Waals surface area contributed by atoms with Gasteiger partial charge in [-0.25, -0.2) is 0 Å². The van der Waals surface area contributed by atoms with Gasteiger partial charge in [0, 0.05) is 16.7 Å². The van der Waals surface area contributed by atoms with E-state index in [0.29, 0.717) is 0 Å². The zero-order chi connectivity index (χ0) is 10.4. The van der Waals surface area contributed by atoms with Gasteiger partial charge < -0.3 is 11.5 Å². The molecule has 1 atom stereocenters. The van der Waals surface area contributed by atoms with Gasteiger partial charge in [-0.05, 0) is 47.4 Å². The number of aromatic nitrogens is 1. The fourth-order valence-electron chi connectivity index (χ4n) is 1.26. The topological polar surface area (TPSA) is 64.9 Å². The van der Waals surface area contributed by atoms with E-state index < -0.39 is 0 Å². The Balaban J connectivity index is 2.43. The zero-order valence-electron chi connectivity index (χ0n) is 8.12. The predicted molar refractivity (Wildman–Crippen MR) is 61.8 cm³/mol. The molecular weight excluding hydrogens is 242 g/mol. The van der Waals surface area contributed by atoms with Crippen LogP contribution in [0.2, 0.25) is 0 Å². The average molecular weight is 258 g/mol. The Kier molecular flexibility index (Phi) is 5.07. The summed E-state index contributed by atoms with van der Waals surface area (Å²) in [5.41, 5.74) is 12.3. The average Bonchev–Trinajstić information content (AvgIpc) is 2.19. The summed E-state index contributed by atoms with van der Waals surface area (Å²) in [6.07, 6.45) is 4.82. The number of nitrogens with zero attached hydrogens (tertiary/aromatic N) is 1. The minimum absolute atomic E-state index is 0.0367. The molecule has 0 spiro atoms. The molecule has 0 aliphatic heterocycles. The van der Waals surface area contributed by atoms with E-state index in [1.54, 1.807) is 6.20 Å².